The Hall–Kier alpha value is -0.810. The van der Waals surface area contributed by atoms with Crippen molar-refractivity contribution in [3.63, 3.8) is 0 Å². The van der Waals surface area contributed by atoms with Crippen LogP contribution in [0.3, 0.4) is 0 Å². The van der Waals surface area contributed by atoms with Gasteiger partial charge in [0.15, 0.2) is 5.84 Å². The van der Waals surface area contributed by atoms with Crippen LogP contribution in [0.4, 0.5) is 0 Å². The van der Waals surface area contributed by atoms with E-state index in [1.54, 1.807) is 0 Å². The summed E-state index contributed by atoms with van der Waals surface area (Å²) >= 11 is 0. The fourth-order valence-electron chi connectivity index (χ4n) is 2.89. The van der Waals surface area contributed by atoms with Gasteiger partial charge in [-0.3, -0.25) is 4.90 Å². The SMILES string of the molecule is CC1CCC(CN2CCCCC2C(N)=NO)O1. The molecule has 0 radical (unpaired) electrons. The molecule has 0 aliphatic carbocycles. The van der Waals surface area contributed by atoms with Gasteiger partial charge in [-0.25, -0.2) is 0 Å². The van der Waals surface area contributed by atoms with Crippen molar-refractivity contribution in [2.75, 3.05) is 13.1 Å². The zero-order chi connectivity index (χ0) is 12.3. The molecule has 0 saturated carbocycles. The van der Waals surface area contributed by atoms with Crippen molar-refractivity contribution in [1.29, 1.82) is 0 Å². The molecular weight excluding hydrogens is 218 g/mol. The van der Waals surface area contributed by atoms with Crippen LogP contribution in [0, 0.1) is 0 Å². The number of oxime groups is 1. The van der Waals surface area contributed by atoms with E-state index in [1.165, 1.54) is 6.42 Å². The largest absolute Gasteiger partial charge is 0.409 e. The predicted molar refractivity (Wildman–Crippen MR) is 66.2 cm³/mol. The van der Waals surface area contributed by atoms with Gasteiger partial charge in [0.1, 0.15) is 0 Å². The first kappa shape index (κ1) is 12.6. The molecule has 0 aromatic heterocycles. The molecule has 3 unspecified atom stereocenters. The summed E-state index contributed by atoms with van der Waals surface area (Å²) in [7, 11) is 0. The lowest BCUT2D eigenvalue weighted by Gasteiger charge is -2.36. The predicted octanol–water partition coefficient (Wildman–Crippen LogP) is 1.15. The summed E-state index contributed by atoms with van der Waals surface area (Å²) in [4.78, 5) is 2.31. The van der Waals surface area contributed by atoms with Gasteiger partial charge in [0.05, 0.1) is 18.2 Å². The molecular formula is C12H23N3O2. The van der Waals surface area contributed by atoms with E-state index in [0.29, 0.717) is 18.0 Å². The summed E-state index contributed by atoms with van der Waals surface area (Å²) in [6, 6.07) is 0.0910. The van der Waals surface area contributed by atoms with E-state index in [1.807, 2.05) is 0 Å². The maximum absolute atomic E-state index is 8.81. The Bertz CT molecular complexity index is 283. The third-order valence-electron chi connectivity index (χ3n) is 3.83. The minimum absolute atomic E-state index is 0.0910. The maximum atomic E-state index is 8.81. The molecule has 2 aliphatic heterocycles. The van der Waals surface area contributed by atoms with Crippen LogP contribution in [0.15, 0.2) is 5.16 Å². The molecule has 0 spiro atoms. The van der Waals surface area contributed by atoms with Gasteiger partial charge in [0, 0.05) is 6.54 Å². The molecule has 2 heterocycles. The molecule has 17 heavy (non-hydrogen) atoms. The van der Waals surface area contributed by atoms with Crippen LogP contribution >= 0.6 is 0 Å². The van der Waals surface area contributed by atoms with Crippen LogP contribution < -0.4 is 5.73 Å². The average Bonchev–Trinajstić information content (AvgIpc) is 2.74. The van der Waals surface area contributed by atoms with E-state index in [-0.39, 0.29) is 6.04 Å². The number of piperidine rings is 1. The third-order valence-corrected chi connectivity index (χ3v) is 3.83. The average molecular weight is 241 g/mol. The lowest BCUT2D eigenvalue weighted by molar-refractivity contribution is 0.0216. The third kappa shape index (κ3) is 3.10. The van der Waals surface area contributed by atoms with Crippen molar-refractivity contribution in [2.24, 2.45) is 10.9 Å². The molecule has 0 bridgehead atoms. The van der Waals surface area contributed by atoms with Crippen molar-refractivity contribution in [1.82, 2.24) is 4.90 Å². The summed E-state index contributed by atoms with van der Waals surface area (Å²) in [6.45, 7) is 4.05. The van der Waals surface area contributed by atoms with E-state index < -0.39 is 0 Å². The summed E-state index contributed by atoms with van der Waals surface area (Å²) in [5, 5.41) is 12.0. The number of nitrogens with zero attached hydrogens (tertiary/aromatic N) is 2. The Kier molecular flexibility index (Phi) is 4.23. The zero-order valence-corrected chi connectivity index (χ0v) is 10.5. The van der Waals surface area contributed by atoms with Crippen molar-refractivity contribution in [2.45, 2.75) is 57.3 Å². The minimum Gasteiger partial charge on any atom is -0.409 e. The van der Waals surface area contributed by atoms with Crippen molar-refractivity contribution < 1.29 is 9.94 Å². The van der Waals surface area contributed by atoms with Gasteiger partial charge >= 0.3 is 0 Å². The Morgan fingerprint density at radius 1 is 1.41 bits per heavy atom. The number of rotatable bonds is 3. The monoisotopic (exact) mass is 241 g/mol. The van der Waals surface area contributed by atoms with Gasteiger partial charge in [-0.15, -0.1) is 0 Å². The van der Waals surface area contributed by atoms with Gasteiger partial charge in [0.2, 0.25) is 0 Å². The van der Waals surface area contributed by atoms with Gasteiger partial charge < -0.3 is 15.7 Å². The highest BCUT2D eigenvalue weighted by Gasteiger charge is 2.30. The molecule has 98 valence electrons. The molecule has 2 saturated heterocycles. The standard InChI is InChI=1S/C12H23N3O2/c1-9-5-6-10(17-9)8-15-7-3-2-4-11(15)12(13)14-16/h9-11,16H,2-8H2,1H3,(H2,13,14). The molecule has 0 amide bonds. The van der Waals surface area contributed by atoms with Gasteiger partial charge in [-0.1, -0.05) is 11.6 Å². The Balaban J connectivity index is 1.92. The molecule has 2 rings (SSSR count). The van der Waals surface area contributed by atoms with Crippen molar-refractivity contribution in [3.8, 4) is 0 Å². The number of ether oxygens (including phenoxy) is 1. The van der Waals surface area contributed by atoms with Crippen LogP contribution in [0.25, 0.3) is 0 Å². The summed E-state index contributed by atoms with van der Waals surface area (Å²) in [6.07, 6.45) is 6.30. The molecule has 2 fully saturated rings. The topological polar surface area (TPSA) is 71.1 Å². The summed E-state index contributed by atoms with van der Waals surface area (Å²) < 4.78 is 5.84. The second-order valence-electron chi connectivity index (χ2n) is 5.18. The van der Waals surface area contributed by atoms with Gasteiger partial charge in [-0.2, -0.15) is 0 Å². The van der Waals surface area contributed by atoms with E-state index in [0.717, 1.165) is 38.8 Å². The number of hydrogen-bond donors (Lipinski definition) is 2. The van der Waals surface area contributed by atoms with Crippen molar-refractivity contribution >= 4 is 5.84 Å². The highest BCUT2D eigenvalue weighted by Crippen LogP contribution is 2.23. The first-order valence-corrected chi connectivity index (χ1v) is 6.57. The summed E-state index contributed by atoms with van der Waals surface area (Å²) in [5.41, 5.74) is 5.76. The normalized spacial score (nSPS) is 36.3. The van der Waals surface area contributed by atoms with E-state index >= 15 is 0 Å². The fraction of sp³-hybridized carbons (Fsp3) is 0.917. The first-order chi connectivity index (χ1) is 8.20. The Morgan fingerprint density at radius 2 is 2.24 bits per heavy atom. The summed E-state index contributed by atoms with van der Waals surface area (Å²) in [5.74, 6) is 0.343. The number of nitrogens with two attached hydrogens (primary N) is 1. The molecule has 2 aliphatic rings. The zero-order valence-electron chi connectivity index (χ0n) is 10.5. The number of hydrogen-bond acceptors (Lipinski definition) is 4. The Labute approximate surface area is 103 Å². The maximum Gasteiger partial charge on any atom is 0.156 e. The lowest BCUT2D eigenvalue weighted by atomic mass is 10.0. The second-order valence-corrected chi connectivity index (χ2v) is 5.18. The molecule has 3 atom stereocenters. The van der Waals surface area contributed by atoms with Crippen molar-refractivity contribution in [3.05, 3.63) is 0 Å². The highest BCUT2D eigenvalue weighted by molar-refractivity contribution is 5.85. The first-order valence-electron chi connectivity index (χ1n) is 6.57. The lowest BCUT2D eigenvalue weighted by Crippen LogP contribution is -2.50. The van der Waals surface area contributed by atoms with Crippen LogP contribution in [-0.2, 0) is 4.74 Å². The van der Waals surface area contributed by atoms with E-state index in [4.69, 9.17) is 15.7 Å². The molecule has 0 aromatic carbocycles. The van der Waals surface area contributed by atoms with Crippen LogP contribution in [0.1, 0.15) is 39.0 Å². The molecule has 5 heteroatoms. The molecule has 5 nitrogen and oxygen atoms in total. The van der Waals surface area contributed by atoms with Crippen LogP contribution in [0.2, 0.25) is 0 Å². The number of amidine groups is 1. The van der Waals surface area contributed by atoms with Gasteiger partial charge in [0.25, 0.3) is 0 Å². The van der Waals surface area contributed by atoms with E-state index in [2.05, 4.69) is 17.0 Å². The highest BCUT2D eigenvalue weighted by atomic mass is 16.5. The van der Waals surface area contributed by atoms with Gasteiger partial charge in [-0.05, 0) is 39.2 Å². The van der Waals surface area contributed by atoms with Crippen LogP contribution in [-0.4, -0.2) is 47.3 Å². The second kappa shape index (κ2) is 5.69. The molecule has 0 aromatic rings. The minimum atomic E-state index is 0.0910. The van der Waals surface area contributed by atoms with Crippen LogP contribution in [0.5, 0.6) is 0 Å². The fourth-order valence-corrected chi connectivity index (χ4v) is 2.89. The quantitative estimate of drug-likeness (QED) is 0.336. The smallest absolute Gasteiger partial charge is 0.156 e. The van der Waals surface area contributed by atoms with E-state index in [9.17, 15) is 0 Å². The number of likely N-dealkylation sites (tertiary alicyclic amines) is 1. The Morgan fingerprint density at radius 3 is 2.88 bits per heavy atom. The molecule has 3 N–H and O–H groups in total.